The minimum atomic E-state index is -0.677. The summed E-state index contributed by atoms with van der Waals surface area (Å²) in [5.74, 6) is 0.422. The van der Waals surface area contributed by atoms with Crippen molar-refractivity contribution < 1.29 is 14.9 Å². The number of anilines is 1. The first-order chi connectivity index (χ1) is 9.11. The molecule has 0 amide bonds. The number of hydrogen-bond acceptors (Lipinski definition) is 6. The maximum Gasteiger partial charge on any atom is 0.148 e. The predicted octanol–water partition coefficient (Wildman–Crippen LogP) is 0.259. The summed E-state index contributed by atoms with van der Waals surface area (Å²) in [4.78, 5) is 8.20. The van der Waals surface area contributed by atoms with E-state index in [1.165, 1.54) is 6.33 Å². The minimum absolute atomic E-state index is 0.203. The SMILES string of the molecule is Nc1ncnc2c1c(I)cn2[C@H]1C[C@H](O)C(CO)O1. The molecule has 7 nitrogen and oxygen atoms in total. The highest BCUT2D eigenvalue weighted by atomic mass is 127. The van der Waals surface area contributed by atoms with Crippen molar-refractivity contribution in [3.63, 3.8) is 0 Å². The van der Waals surface area contributed by atoms with Gasteiger partial charge in [0.1, 0.15) is 30.1 Å². The molecule has 1 unspecified atom stereocenters. The molecule has 0 saturated carbocycles. The second kappa shape index (κ2) is 4.85. The Labute approximate surface area is 122 Å². The van der Waals surface area contributed by atoms with Crippen molar-refractivity contribution in [1.29, 1.82) is 0 Å². The molecule has 1 aliphatic heterocycles. The second-order valence-corrected chi connectivity index (χ2v) is 5.62. The molecule has 0 radical (unpaired) electrons. The number of aromatic nitrogens is 3. The summed E-state index contributed by atoms with van der Waals surface area (Å²) in [6.07, 6.45) is 2.10. The van der Waals surface area contributed by atoms with Gasteiger partial charge in [-0.3, -0.25) is 0 Å². The summed E-state index contributed by atoms with van der Waals surface area (Å²) in [5, 5.41) is 19.7. The van der Waals surface area contributed by atoms with Crippen molar-refractivity contribution in [2.24, 2.45) is 0 Å². The van der Waals surface area contributed by atoms with Gasteiger partial charge in [0.25, 0.3) is 0 Å². The van der Waals surface area contributed by atoms with Gasteiger partial charge in [-0.1, -0.05) is 0 Å². The third-order valence-corrected chi connectivity index (χ3v) is 4.10. The molecule has 1 fully saturated rings. The Morgan fingerprint density at radius 3 is 3.00 bits per heavy atom. The Kier molecular flexibility index (Phi) is 3.33. The van der Waals surface area contributed by atoms with Crippen LogP contribution in [0, 0.1) is 3.57 Å². The molecule has 3 heterocycles. The van der Waals surface area contributed by atoms with Crippen LogP contribution in [0.5, 0.6) is 0 Å². The van der Waals surface area contributed by atoms with Gasteiger partial charge in [-0.15, -0.1) is 0 Å². The molecule has 3 atom stereocenters. The van der Waals surface area contributed by atoms with Crippen molar-refractivity contribution in [2.75, 3.05) is 12.3 Å². The first-order valence-corrected chi connectivity index (χ1v) is 6.90. The van der Waals surface area contributed by atoms with E-state index in [0.717, 1.165) is 8.96 Å². The summed E-state index contributed by atoms with van der Waals surface area (Å²) in [6, 6.07) is 0. The highest BCUT2D eigenvalue weighted by Crippen LogP contribution is 2.34. The largest absolute Gasteiger partial charge is 0.394 e. The van der Waals surface area contributed by atoms with E-state index in [9.17, 15) is 5.11 Å². The van der Waals surface area contributed by atoms with E-state index in [-0.39, 0.29) is 12.8 Å². The van der Waals surface area contributed by atoms with Crippen LogP contribution in [-0.4, -0.2) is 43.6 Å². The van der Waals surface area contributed by atoms with Crippen LogP contribution >= 0.6 is 22.6 Å². The number of ether oxygens (including phenoxy) is 1. The van der Waals surface area contributed by atoms with Crippen molar-refractivity contribution in [3.05, 3.63) is 16.1 Å². The third-order valence-electron chi connectivity index (χ3n) is 3.29. The Balaban J connectivity index is 2.05. The number of nitrogens with zero attached hydrogens (tertiary/aromatic N) is 3. The third kappa shape index (κ3) is 2.08. The Morgan fingerprint density at radius 2 is 2.32 bits per heavy atom. The first kappa shape index (κ1) is 13.0. The minimum Gasteiger partial charge on any atom is -0.394 e. The van der Waals surface area contributed by atoms with Crippen molar-refractivity contribution in [3.8, 4) is 0 Å². The molecule has 0 aromatic carbocycles. The molecular weight excluding hydrogens is 363 g/mol. The lowest BCUT2D eigenvalue weighted by Gasteiger charge is -2.14. The van der Waals surface area contributed by atoms with Gasteiger partial charge >= 0.3 is 0 Å². The molecule has 2 aromatic heterocycles. The van der Waals surface area contributed by atoms with Gasteiger partial charge in [-0.2, -0.15) is 0 Å². The number of fused-ring (bicyclic) bond motifs is 1. The van der Waals surface area contributed by atoms with Crippen molar-refractivity contribution in [1.82, 2.24) is 14.5 Å². The molecule has 1 saturated heterocycles. The normalized spacial score (nSPS) is 27.2. The molecule has 3 rings (SSSR count). The van der Waals surface area contributed by atoms with E-state index in [0.29, 0.717) is 17.9 Å². The van der Waals surface area contributed by atoms with E-state index in [2.05, 4.69) is 32.6 Å². The van der Waals surface area contributed by atoms with Crippen LogP contribution in [0.25, 0.3) is 11.0 Å². The first-order valence-electron chi connectivity index (χ1n) is 5.82. The molecular formula is C11H13IN4O3. The van der Waals surface area contributed by atoms with Crippen molar-refractivity contribution >= 4 is 39.4 Å². The highest BCUT2D eigenvalue weighted by molar-refractivity contribution is 14.1. The zero-order chi connectivity index (χ0) is 13.6. The molecule has 1 aliphatic rings. The molecule has 4 N–H and O–H groups in total. The van der Waals surface area contributed by atoms with Gasteiger partial charge in [-0.05, 0) is 22.6 Å². The zero-order valence-electron chi connectivity index (χ0n) is 9.90. The van der Waals surface area contributed by atoms with Gasteiger partial charge in [0.2, 0.25) is 0 Å². The van der Waals surface area contributed by atoms with E-state index in [1.807, 2.05) is 10.8 Å². The lowest BCUT2D eigenvalue weighted by molar-refractivity contribution is -0.0430. The lowest BCUT2D eigenvalue weighted by Crippen LogP contribution is -2.24. The fourth-order valence-electron chi connectivity index (χ4n) is 2.33. The quantitative estimate of drug-likeness (QED) is 0.650. The van der Waals surface area contributed by atoms with Crippen LogP contribution in [-0.2, 0) is 4.74 Å². The standard InChI is InChI=1S/C11H13IN4O3/c12-5-2-16(8-1-6(18)7(3-17)19-8)11-9(5)10(13)14-4-15-11/h2,4,6-8,17-18H,1,3H2,(H2,13,14,15)/t6-,7?,8+/m0/s1. The van der Waals surface area contributed by atoms with Crippen LogP contribution in [0.1, 0.15) is 12.6 Å². The van der Waals surface area contributed by atoms with Crippen LogP contribution in [0.3, 0.4) is 0 Å². The van der Waals surface area contributed by atoms with Crippen LogP contribution < -0.4 is 5.73 Å². The average molecular weight is 376 g/mol. The number of aliphatic hydroxyl groups is 2. The summed E-state index contributed by atoms with van der Waals surface area (Å²) < 4.78 is 8.38. The lowest BCUT2D eigenvalue weighted by atomic mass is 10.2. The summed E-state index contributed by atoms with van der Waals surface area (Å²) in [5.41, 5.74) is 6.52. The van der Waals surface area contributed by atoms with Gasteiger partial charge in [0.15, 0.2) is 0 Å². The molecule has 2 aromatic rings. The average Bonchev–Trinajstić information content (AvgIpc) is 2.91. The van der Waals surface area contributed by atoms with Crippen LogP contribution in [0.4, 0.5) is 5.82 Å². The van der Waals surface area contributed by atoms with E-state index >= 15 is 0 Å². The predicted molar refractivity (Wildman–Crippen MR) is 76.3 cm³/mol. The highest BCUT2D eigenvalue weighted by Gasteiger charge is 2.35. The summed E-state index contributed by atoms with van der Waals surface area (Å²) in [7, 11) is 0. The zero-order valence-corrected chi connectivity index (χ0v) is 12.1. The molecule has 0 bridgehead atoms. The smallest absolute Gasteiger partial charge is 0.148 e. The number of nitrogens with two attached hydrogens (primary N) is 1. The van der Waals surface area contributed by atoms with E-state index in [4.69, 9.17) is 15.6 Å². The Morgan fingerprint density at radius 1 is 1.53 bits per heavy atom. The Bertz CT molecular complexity index is 617. The van der Waals surface area contributed by atoms with Crippen LogP contribution in [0.2, 0.25) is 0 Å². The number of nitrogen functional groups attached to an aromatic ring is 1. The van der Waals surface area contributed by atoms with Gasteiger partial charge in [0.05, 0.1) is 18.1 Å². The van der Waals surface area contributed by atoms with Crippen LogP contribution in [0.15, 0.2) is 12.5 Å². The number of rotatable bonds is 2. The fourth-order valence-corrected chi connectivity index (χ4v) is 3.15. The maximum atomic E-state index is 9.80. The van der Waals surface area contributed by atoms with Gasteiger partial charge in [0, 0.05) is 16.2 Å². The molecule has 8 heteroatoms. The monoisotopic (exact) mass is 376 g/mol. The van der Waals surface area contributed by atoms with E-state index < -0.39 is 12.2 Å². The van der Waals surface area contributed by atoms with Gasteiger partial charge < -0.3 is 25.3 Å². The molecule has 0 spiro atoms. The van der Waals surface area contributed by atoms with E-state index in [1.54, 1.807) is 0 Å². The number of aliphatic hydroxyl groups excluding tert-OH is 2. The van der Waals surface area contributed by atoms with Crippen molar-refractivity contribution in [2.45, 2.75) is 24.9 Å². The second-order valence-electron chi connectivity index (χ2n) is 4.46. The summed E-state index contributed by atoms with van der Waals surface area (Å²) >= 11 is 2.16. The molecule has 19 heavy (non-hydrogen) atoms. The maximum absolute atomic E-state index is 9.80. The van der Waals surface area contributed by atoms with Gasteiger partial charge in [-0.25, -0.2) is 9.97 Å². The summed E-state index contributed by atoms with van der Waals surface area (Å²) in [6.45, 7) is -0.203. The topological polar surface area (TPSA) is 106 Å². The Hall–Kier alpha value is -0.970. The molecule has 102 valence electrons. The number of hydrogen-bond donors (Lipinski definition) is 3. The molecule has 0 aliphatic carbocycles. The fraction of sp³-hybridized carbons (Fsp3) is 0.455. The number of halogens is 1.